The Kier molecular flexibility index (Phi) is 5.46. The lowest BCUT2D eigenvalue weighted by atomic mass is 10.0. The second-order valence-electron chi connectivity index (χ2n) is 7.86. The predicted molar refractivity (Wildman–Crippen MR) is 108 cm³/mol. The fourth-order valence-corrected chi connectivity index (χ4v) is 3.75. The summed E-state index contributed by atoms with van der Waals surface area (Å²) >= 11 is 0. The Morgan fingerprint density at radius 3 is 2.59 bits per heavy atom. The summed E-state index contributed by atoms with van der Waals surface area (Å²) < 4.78 is 16.8. The number of aromatic nitrogens is 3. The van der Waals surface area contributed by atoms with Gasteiger partial charge in [0.25, 0.3) is 0 Å². The topological polar surface area (TPSA) is 132 Å². The zero-order valence-electron chi connectivity index (χ0n) is 16.1. The number of ether oxygens (including phenoxy) is 1. The van der Waals surface area contributed by atoms with E-state index in [-0.39, 0.29) is 23.7 Å². The minimum Gasteiger partial charge on any atom is -0.446 e. The zero-order valence-corrected chi connectivity index (χ0v) is 16.9. The van der Waals surface area contributed by atoms with E-state index in [4.69, 9.17) is 9.88 Å². The number of pyridine rings is 1. The molecule has 0 bridgehead atoms. The number of hydrogen-bond acceptors (Lipinski definition) is 7. The van der Waals surface area contributed by atoms with Crippen LogP contribution in [0.25, 0.3) is 0 Å². The summed E-state index contributed by atoms with van der Waals surface area (Å²) in [5.74, 6) is 1.23. The summed E-state index contributed by atoms with van der Waals surface area (Å²) in [6.07, 6.45) is 9.22. The molecule has 2 aromatic rings. The number of nitrogens with two attached hydrogens (primary N) is 1. The van der Waals surface area contributed by atoms with E-state index in [1.807, 2.05) is 6.92 Å². The SMILES string of the molecule is CC1(NC(=O)OC2CCC(c3cnc(Nc4ccc(S(N)=O)cn4)nc3)C2)CC1. The van der Waals surface area contributed by atoms with Gasteiger partial charge in [-0.15, -0.1) is 0 Å². The van der Waals surface area contributed by atoms with Crippen LogP contribution in [0, 0.1) is 0 Å². The number of amides is 1. The third-order valence-electron chi connectivity index (χ3n) is 5.41. The molecule has 3 unspecified atom stereocenters. The van der Waals surface area contributed by atoms with Gasteiger partial charge in [-0.1, -0.05) is 0 Å². The Morgan fingerprint density at radius 2 is 1.97 bits per heavy atom. The molecule has 2 fully saturated rings. The molecule has 154 valence electrons. The smallest absolute Gasteiger partial charge is 0.407 e. The Hall–Kier alpha value is -2.59. The van der Waals surface area contributed by atoms with Crippen LogP contribution in [-0.2, 0) is 15.7 Å². The third-order valence-corrected chi connectivity index (χ3v) is 6.12. The van der Waals surface area contributed by atoms with Crippen molar-refractivity contribution in [2.75, 3.05) is 5.32 Å². The van der Waals surface area contributed by atoms with Gasteiger partial charge in [0.2, 0.25) is 5.95 Å². The van der Waals surface area contributed by atoms with Gasteiger partial charge in [0.1, 0.15) is 22.9 Å². The Balaban J connectivity index is 1.30. The number of nitrogens with one attached hydrogen (secondary N) is 2. The van der Waals surface area contributed by atoms with Crippen LogP contribution in [0.3, 0.4) is 0 Å². The Morgan fingerprint density at radius 1 is 1.21 bits per heavy atom. The number of anilines is 2. The first kappa shape index (κ1) is 19.7. The van der Waals surface area contributed by atoms with E-state index in [0.717, 1.165) is 37.7 Å². The lowest BCUT2D eigenvalue weighted by Crippen LogP contribution is -2.36. The molecule has 4 rings (SSSR count). The van der Waals surface area contributed by atoms with Crippen molar-refractivity contribution in [1.29, 1.82) is 0 Å². The maximum atomic E-state index is 12.0. The first-order valence-electron chi connectivity index (χ1n) is 9.60. The fourth-order valence-electron chi connectivity index (χ4n) is 3.39. The first-order chi connectivity index (χ1) is 13.9. The first-order valence-corrected chi connectivity index (χ1v) is 10.8. The van der Waals surface area contributed by atoms with Crippen molar-refractivity contribution in [3.8, 4) is 0 Å². The van der Waals surface area contributed by atoms with Gasteiger partial charge < -0.3 is 15.4 Å². The van der Waals surface area contributed by atoms with Gasteiger partial charge in [-0.25, -0.2) is 29.1 Å². The number of carbonyl (C=O) groups is 1. The average molecular weight is 417 g/mol. The van der Waals surface area contributed by atoms with Crippen LogP contribution in [0.2, 0.25) is 0 Å². The van der Waals surface area contributed by atoms with Gasteiger partial charge in [0, 0.05) is 24.1 Å². The summed E-state index contributed by atoms with van der Waals surface area (Å²) in [4.78, 5) is 25.3. The van der Waals surface area contributed by atoms with Crippen LogP contribution < -0.4 is 15.8 Å². The molecule has 2 aliphatic carbocycles. The third kappa shape index (κ3) is 5.07. The highest BCUT2D eigenvalue weighted by atomic mass is 32.2. The van der Waals surface area contributed by atoms with Crippen LogP contribution in [-0.4, -0.2) is 36.9 Å². The molecule has 29 heavy (non-hydrogen) atoms. The number of rotatable bonds is 6. The van der Waals surface area contributed by atoms with Crippen LogP contribution in [0.4, 0.5) is 16.6 Å². The normalized spacial score (nSPS) is 23.2. The molecule has 0 spiro atoms. The lowest BCUT2D eigenvalue weighted by molar-refractivity contribution is 0.0967. The lowest BCUT2D eigenvalue weighted by Gasteiger charge is -2.16. The zero-order chi connectivity index (χ0) is 20.4. The second kappa shape index (κ2) is 8.03. The van der Waals surface area contributed by atoms with Crippen molar-refractivity contribution in [3.05, 3.63) is 36.3 Å². The molecule has 2 saturated carbocycles. The van der Waals surface area contributed by atoms with Crippen LogP contribution >= 0.6 is 0 Å². The van der Waals surface area contributed by atoms with Crippen LogP contribution in [0.5, 0.6) is 0 Å². The predicted octanol–water partition coefficient (Wildman–Crippen LogP) is 2.51. The summed E-state index contributed by atoms with van der Waals surface area (Å²) in [6.45, 7) is 2.03. The fraction of sp³-hybridized carbons (Fsp3) is 0.474. The van der Waals surface area contributed by atoms with E-state index in [0.29, 0.717) is 16.7 Å². The molecule has 0 radical (unpaired) electrons. The summed E-state index contributed by atoms with van der Waals surface area (Å²) in [5.41, 5.74) is 0.959. The van der Waals surface area contributed by atoms with E-state index in [2.05, 4.69) is 25.6 Å². The minimum absolute atomic E-state index is 0.0671. The van der Waals surface area contributed by atoms with Gasteiger partial charge in [-0.2, -0.15) is 0 Å². The maximum Gasteiger partial charge on any atom is 0.407 e. The van der Waals surface area contributed by atoms with Gasteiger partial charge in [0.15, 0.2) is 0 Å². The highest BCUT2D eigenvalue weighted by Gasteiger charge is 2.40. The standard InChI is InChI=1S/C19H24N6O3S/c1-19(6-7-19)25-18(26)28-14-3-2-12(8-14)13-9-22-17(23-10-13)24-16-5-4-15(11-21-16)29(20)27/h4-5,9-12,14H,2-3,6-8,20H2,1H3,(H,25,26)(H,21,22,23,24). The summed E-state index contributed by atoms with van der Waals surface area (Å²) in [7, 11) is -1.55. The quantitative estimate of drug-likeness (QED) is 0.659. The Bertz CT molecular complexity index is 901. The van der Waals surface area contributed by atoms with Crippen LogP contribution in [0.15, 0.2) is 35.6 Å². The van der Waals surface area contributed by atoms with Crippen molar-refractivity contribution >= 4 is 28.8 Å². The molecule has 2 aromatic heterocycles. The van der Waals surface area contributed by atoms with E-state index in [9.17, 15) is 9.00 Å². The van der Waals surface area contributed by atoms with Crippen molar-refractivity contribution in [2.24, 2.45) is 5.14 Å². The monoisotopic (exact) mass is 416 g/mol. The van der Waals surface area contributed by atoms with E-state index < -0.39 is 11.0 Å². The maximum absolute atomic E-state index is 12.0. The molecule has 2 heterocycles. The van der Waals surface area contributed by atoms with Crippen molar-refractivity contribution < 1.29 is 13.7 Å². The molecule has 2 aliphatic rings. The highest BCUT2D eigenvalue weighted by Crippen LogP contribution is 2.37. The molecular weight excluding hydrogens is 392 g/mol. The van der Waals surface area contributed by atoms with Gasteiger partial charge in [-0.05, 0) is 62.6 Å². The number of hydrogen-bond donors (Lipinski definition) is 3. The molecule has 0 aliphatic heterocycles. The molecule has 1 amide bonds. The number of nitrogens with zero attached hydrogens (tertiary/aromatic N) is 3. The van der Waals surface area contributed by atoms with Crippen molar-refractivity contribution in [2.45, 2.75) is 61.5 Å². The molecule has 9 nitrogen and oxygen atoms in total. The van der Waals surface area contributed by atoms with E-state index in [1.165, 1.54) is 6.20 Å². The average Bonchev–Trinajstić information content (AvgIpc) is 3.23. The molecular formula is C19H24N6O3S. The number of alkyl carbamates (subject to hydrolysis) is 1. The molecule has 0 saturated heterocycles. The summed E-state index contributed by atoms with van der Waals surface area (Å²) in [5, 5.41) is 11.2. The second-order valence-corrected chi connectivity index (χ2v) is 8.93. The van der Waals surface area contributed by atoms with Crippen molar-refractivity contribution in [3.63, 3.8) is 0 Å². The van der Waals surface area contributed by atoms with E-state index >= 15 is 0 Å². The van der Waals surface area contributed by atoms with E-state index in [1.54, 1.807) is 24.5 Å². The molecule has 10 heteroatoms. The molecule has 4 N–H and O–H groups in total. The summed E-state index contributed by atoms with van der Waals surface area (Å²) in [6, 6.07) is 3.31. The number of carbonyl (C=O) groups excluding carboxylic acids is 1. The Labute approximate surface area is 171 Å². The van der Waals surface area contributed by atoms with Gasteiger partial charge >= 0.3 is 6.09 Å². The molecule has 3 atom stereocenters. The van der Waals surface area contributed by atoms with Gasteiger partial charge in [0.05, 0.1) is 4.90 Å². The minimum atomic E-state index is -1.55. The van der Waals surface area contributed by atoms with Crippen LogP contribution in [0.1, 0.15) is 50.5 Å². The van der Waals surface area contributed by atoms with Crippen molar-refractivity contribution in [1.82, 2.24) is 20.3 Å². The van der Waals surface area contributed by atoms with Gasteiger partial charge in [-0.3, -0.25) is 0 Å². The molecule has 0 aromatic carbocycles. The highest BCUT2D eigenvalue weighted by molar-refractivity contribution is 7.82. The largest absolute Gasteiger partial charge is 0.446 e.